The number of esters is 1. The van der Waals surface area contributed by atoms with Crippen LogP contribution in [0.15, 0.2) is 22.8 Å². The van der Waals surface area contributed by atoms with Gasteiger partial charge in [0.1, 0.15) is 0 Å². The third-order valence-electron chi connectivity index (χ3n) is 2.60. The SMILES string of the molecule is CC/C=C(\C)C1=C(C(=O)OC)C(C)OC1. The Morgan fingerprint density at radius 1 is 1.67 bits per heavy atom. The van der Waals surface area contributed by atoms with E-state index in [4.69, 9.17) is 9.47 Å². The summed E-state index contributed by atoms with van der Waals surface area (Å²) in [5.74, 6) is -0.279. The number of carbonyl (C=O) groups excluding carboxylic acids is 1. The molecule has 0 radical (unpaired) electrons. The van der Waals surface area contributed by atoms with E-state index in [2.05, 4.69) is 13.0 Å². The molecule has 0 saturated carbocycles. The van der Waals surface area contributed by atoms with Crippen molar-refractivity contribution in [1.82, 2.24) is 0 Å². The molecular weight excluding hydrogens is 192 g/mol. The molecule has 1 rings (SSSR count). The van der Waals surface area contributed by atoms with Crippen LogP contribution in [0.3, 0.4) is 0 Å². The Morgan fingerprint density at radius 2 is 2.33 bits per heavy atom. The molecule has 0 aromatic rings. The molecule has 0 fully saturated rings. The molecule has 0 spiro atoms. The second-order valence-electron chi connectivity index (χ2n) is 3.63. The van der Waals surface area contributed by atoms with E-state index < -0.39 is 0 Å². The van der Waals surface area contributed by atoms with Crippen molar-refractivity contribution in [2.75, 3.05) is 13.7 Å². The van der Waals surface area contributed by atoms with Crippen LogP contribution in [0.1, 0.15) is 27.2 Å². The molecule has 1 aliphatic heterocycles. The first-order valence-electron chi connectivity index (χ1n) is 5.21. The fraction of sp³-hybridized carbons (Fsp3) is 0.583. The number of allylic oxidation sites excluding steroid dienone is 1. The van der Waals surface area contributed by atoms with Crippen molar-refractivity contribution in [2.24, 2.45) is 0 Å². The molecule has 0 aromatic carbocycles. The lowest BCUT2D eigenvalue weighted by molar-refractivity contribution is -0.137. The standard InChI is InChI=1S/C12H18O3/c1-5-6-8(2)10-7-15-9(3)11(10)12(13)14-4/h6,9H,5,7H2,1-4H3/b8-6+. The van der Waals surface area contributed by atoms with Gasteiger partial charge in [-0.15, -0.1) is 0 Å². The maximum atomic E-state index is 11.6. The molecule has 3 heteroatoms. The van der Waals surface area contributed by atoms with Gasteiger partial charge in [0, 0.05) is 0 Å². The normalized spacial score (nSPS) is 22.1. The van der Waals surface area contributed by atoms with Gasteiger partial charge in [0.2, 0.25) is 0 Å². The first kappa shape index (κ1) is 12.0. The molecule has 0 amide bonds. The fourth-order valence-electron chi connectivity index (χ4n) is 1.77. The zero-order valence-electron chi connectivity index (χ0n) is 9.79. The Morgan fingerprint density at radius 3 is 2.87 bits per heavy atom. The van der Waals surface area contributed by atoms with E-state index in [1.54, 1.807) is 0 Å². The lowest BCUT2D eigenvalue weighted by atomic mass is 10.00. The lowest BCUT2D eigenvalue weighted by Crippen LogP contribution is -2.15. The zero-order chi connectivity index (χ0) is 11.4. The number of ether oxygens (including phenoxy) is 2. The maximum absolute atomic E-state index is 11.6. The van der Waals surface area contributed by atoms with Crippen molar-refractivity contribution >= 4 is 5.97 Å². The van der Waals surface area contributed by atoms with Crippen molar-refractivity contribution in [3.05, 3.63) is 22.8 Å². The van der Waals surface area contributed by atoms with Crippen molar-refractivity contribution in [2.45, 2.75) is 33.3 Å². The van der Waals surface area contributed by atoms with E-state index in [-0.39, 0.29) is 12.1 Å². The van der Waals surface area contributed by atoms with Gasteiger partial charge in [-0.3, -0.25) is 0 Å². The number of hydrogen-bond donors (Lipinski definition) is 0. The number of rotatable bonds is 3. The van der Waals surface area contributed by atoms with Crippen LogP contribution in [0.25, 0.3) is 0 Å². The van der Waals surface area contributed by atoms with Crippen molar-refractivity contribution in [3.63, 3.8) is 0 Å². The van der Waals surface area contributed by atoms with E-state index in [0.29, 0.717) is 12.2 Å². The Bertz CT molecular complexity index is 313. The molecule has 3 nitrogen and oxygen atoms in total. The third-order valence-corrected chi connectivity index (χ3v) is 2.60. The Hall–Kier alpha value is -1.09. The quantitative estimate of drug-likeness (QED) is 0.670. The first-order valence-corrected chi connectivity index (χ1v) is 5.21. The van der Waals surface area contributed by atoms with Crippen molar-refractivity contribution in [1.29, 1.82) is 0 Å². The molecule has 0 aliphatic carbocycles. The van der Waals surface area contributed by atoms with Crippen LogP contribution in [-0.2, 0) is 14.3 Å². The number of methoxy groups -OCH3 is 1. The molecular formula is C12H18O3. The summed E-state index contributed by atoms with van der Waals surface area (Å²) in [7, 11) is 1.40. The smallest absolute Gasteiger partial charge is 0.336 e. The highest BCUT2D eigenvalue weighted by Gasteiger charge is 2.29. The molecule has 15 heavy (non-hydrogen) atoms. The summed E-state index contributed by atoms with van der Waals surface area (Å²) in [4.78, 5) is 11.6. The van der Waals surface area contributed by atoms with Crippen LogP contribution in [0, 0.1) is 0 Å². The van der Waals surface area contributed by atoms with E-state index in [1.165, 1.54) is 7.11 Å². The summed E-state index contributed by atoms with van der Waals surface area (Å²) in [6.07, 6.45) is 2.89. The maximum Gasteiger partial charge on any atom is 0.336 e. The van der Waals surface area contributed by atoms with Crippen LogP contribution >= 0.6 is 0 Å². The summed E-state index contributed by atoms with van der Waals surface area (Å²) in [5.41, 5.74) is 2.76. The molecule has 0 saturated heterocycles. The van der Waals surface area contributed by atoms with Gasteiger partial charge in [0.15, 0.2) is 0 Å². The van der Waals surface area contributed by atoms with Gasteiger partial charge in [-0.2, -0.15) is 0 Å². The van der Waals surface area contributed by atoms with Gasteiger partial charge in [0.05, 0.1) is 25.4 Å². The lowest BCUT2D eigenvalue weighted by Gasteiger charge is -2.07. The third kappa shape index (κ3) is 2.48. The second-order valence-corrected chi connectivity index (χ2v) is 3.63. The molecule has 1 aliphatic rings. The Labute approximate surface area is 90.8 Å². The average molecular weight is 210 g/mol. The van der Waals surface area contributed by atoms with Crippen LogP contribution in [0.5, 0.6) is 0 Å². The van der Waals surface area contributed by atoms with E-state index in [1.807, 2.05) is 13.8 Å². The molecule has 0 bridgehead atoms. The monoisotopic (exact) mass is 210 g/mol. The Kier molecular flexibility index (Phi) is 4.09. The van der Waals surface area contributed by atoms with E-state index >= 15 is 0 Å². The average Bonchev–Trinajstić information content (AvgIpc) is 2.59. The highest BCUT2D eigenvalue weighted by atomic mass is 16.5. The minimum Gasteiger partial charge on any atom is -0.466 e. The first-order chi connectivity index (χ1) is 7.11. The van der Waals surface area contributed by atoms with Gasteiger partial charge in [-0.05, 0) is 31.4 Å². The van der Waals surface area contributed by atoms with Gasteiger partial charge in [-0.1, -0.05) is 13.0 Å². The topological polar surface area (TPSA) is 35.5 Å². The fourth-order valence-corrected chi connectivity index (χ4v) is 1.77. The van der Waals surface area contributed by atoms with Crippen molar-refractivity contribution < 1.29 is 14.3 Å². The van der Waals surface area contributed by atoms with Gasteiger partial charge >= 0.3 is 5.97 Å². The zero-order valence-corrected chi connectivity index (χ0v) is 9.79. The summed E-state index contributed by atoms with van der Waals surface area (Å²) in [6, 6.07) is 0. The minimum atomic E-state index is -0.279. The Balaban J connectivity index is 3.05. The summed E-state index contributed by atoms with van der Waals surface area (Å²) in [5, 5.41) is 0. The van der Waals surface area contributed by atoms with Crippen LogP contribution in [-0.4, -0.2) is 25.8 Å². The molecule has 1 atom stereocenters. The number of carbonyl (C=O) groups is 1. The molecule has 84 valence electrons. The molecule has 1 unspecified atom stereocenters. The van der Waals surface area contributed by atoms with E-state index in [9.17, 15) is 4.79 Å². The van der Waals surface area contributed by atoms with Gasteiger partial charge in [-0.25, -0.2) is 4.79 Å². The molecule has 0 N–H and O–H groups in total. The highest BCUT2D eigenvalue weighted by Crippen LogP contribution is 2.27. The number of hydrogen-bond acceptors (Lipinski definition) is 3. The van der Waals surface area contributed by atoms with Crippen LogP contribution in [0.4, 0.5) is 0 Å². The van der Waals surface area contributed by atoms with Crippen LogP contribution < -0.4 is 0 Å². The summed E-state index contributed by atoms with van der Waals surface area (Å²) < 4.78 is 10.2. The van der Waals surface area contributed by atoms with Gasteiger partial charge < -0.3 is 9.47 Å². The predicted molar refractivity (Wildman–Crippen MR) is 58.5 cm³/mol. The van der Waals surface area contributed by atoms with E-state index in [0.717, 1.165) is 17.6 Å². The highest BCUT2D eigenvalue weighted by molar-refractivity contribution is 5.92. The van der Waals surface area contributed by atoms with Crippen molar-refractivity contribution in [3.8, 4) is 0 Å². The largest absolute Gasteiger partial charge is 0.466 e. The minimum absolute atomic E-state index is 0.160. The molecule has 0 aromatic heterocycles. The second kappa shape index (κ2) is 5.12. The summed E-state index contributed by atoms with van der Waals surface area (Å²) >= 11 is 0. The van der Waals surface area contributed by atoms with Crippen LogP contribution in [0.2, 0.25) is 0 Å². The van der Waals surface area contributed by atoms with Gasteiger partial charge in [0.25, 0.3) is 0 Å². The summed E-state index contributed by atoms with van der Waals surface area (Å²) in [6.45, 7) is 6.46. The molecule has 1 heterocycles. The predicted octanol–water partition coefficient (Wildman–Crippen LogP) is 2.23.